The molecule has 1 aromatic heterocycles. The average Bonchev–Trinajstić information content (AvgIpc) is 3.26. The van der Waals surface area contributed by atoms with E-state index in [4.69, 9.17) is 23.8 Å². The third-order valence-corrected chi connectivity index (χ3v) is 9.59. The minimum atomic E-state index is -5.80. The fourth-order valence-corrected chi connectivity index (χ4v) is 6.76. The molecule has 0 radical (unpaired) electrons. The minimum Gasteiger partial charge on any atom is -0.480 e. The number of nitrogens with zero attached hydrogens (tertiary/aromatic N) is 1. The van der Waals surface area contributed by atoms with Crippen LogP contribution in [0.5, 0.6) is 0 Å². The molecule has 2 saturated heterocycles. The number of carboxylic acids is 1. The molecule has 2 aliphatic heterocycles. The zero-order valence-corrected chi connectivity index (χ0v) is 27.5. The molecule has 2 unspecified atom stereocenters. The van der Waals surface area contributed by atoms with Gasteiger partial charge in [0.25, 0.3) is 5.56 Å². The molecule has 10 N–H and O–H groups in total. The van der Waals surface area contributed by atoms with Gasteiger partial charge < -0.3 is 60.2 Å². The van der Waals surface area contributed by atoms with Crippen LogP contribution in [0.2, 0.25) is 0 Å². The maximum Gasteiger partial charge on any atom is 0.483 e. The molecular weight excluding hydrogens is 714 g/mol. The van der Waals surface area contributed by atoms with E-state index >= 15 is 0 Å². The average molecular weight is 750 g/mol. The van der Waals surface area contributed by atoms with Crippen LogP contribution >= 0.6 is 15.6 Å². The Kier molecular flexibility index (Phi) is 13.6. The van der Waals surface area contributed by atoms with Crippen LogP contribution in [0.4, 0.5) is 0 Å². The first-order valence-electron chi connectivity index (χ1n) is 14.1. The lowest BCUT2D eigenvalue weighted by Crippen LogP contribution is -2.66. The largest absolute Gasteiger partial charge is 0.483 e. The highest BCUT2D eigenvalue weighted by Crippen LogP contribution is 2.61. The first-order chi connectivity index (χ1) is 22.7. The van der Waals surface area contributed by atoms with Gasteiger partial charge in [0, 0.05) is 19.2 Å². The number of carboxylic acid groups (broad SMARTS) is 1. The van der Waals surface area contributed by atoms with Gasteiger partial charge in [-0.2, -0.15) is 4.31 Å². The van der Waals surface area contributed by atoms with Gasteiger partial charge in [0.1, 0.15) is 54.8 Å². The number of amides is 2. The van der Waals surface area contributed by atoms with E-state index in [-0.39, 0.29) is 0 Å². The van der Waals surface area contributed by atoms with Gasteiger partial charge in [-0.25, -0.2) is 13.9 Å². The SMILES string of the molecule is CC(=O)N[C@H]1[C@H](OP(=O)(O)OP(=O)(O)OC[C@H]2O[C@@H](n3ccc(=O)[nH]c3=O)[C@H](O)[C@@H]2O)O[C@H](CO)[C@@H](O)[C@@H]1O[C@H](C)C(=O)N[C@H](C)C(=O)O. The summed E-state index contributed by atoms with van der Waals surface area (Å²) < 4.78 is 56.0. The van der Waals surface area contributed by atoms with Gasteiger partial charge >= 0.3 is 27.3 Å². The monoisotopic (exact) mass is 750 g/mol. The topological polar surface area (TPSA) is 361 Å². The number of aromatic amines is 1. The molecule has 0 spiro atoms. The van der Waals surface area contributed by atoms with Crippen molar-refractivity contribution < 1.29 is 86.4 Å². The molecule has 3 rings (SSSR count). The number of phosphoric ester groups is 2. The van der Waals surface area contributed by atoms with E-state index in [1.807, 2.05) is 4.98 Å². The van der Waals surface area contributed by atoms with E-state index in [9.17, 15) is 63.3 Å². The Hall–Kier alpha value is -2.93. The molecule has 0 aromatic carbocycles. The quantitative estimate of drug-likeness (QED) is 0.0753. The highest BCUT2D eigenvalue weighted by Gasteiger charge is 2.52. The summed E-state index contributed by atoms with van der Waals surface area (Å²) in [7, 11) is -11.4. The second-order valence-corrected chi connectivity index (χ2v) is 13.7. The van der Waals surface area contributed by atoms with Crippen LogP contribution in [0.15, 0.2) is 21.9 Å². The summed E-state index contributed by atoms with van der Waals surface area (Å²) >= 11 is 0. The number of nitrogens with one attached hydrogen (secondary N) is 3. The van der Waals surface area contributed by atoms with Gasteiger partial charge in [-0.3, -0.25) is 37.8 Å². The summed E-state index contributed by atoms with van der Waals surface area (Å²) in [4.78, 5) is 81.3. The van der Waals surface area contributed by atoms with Crippen molar-refractivity contribution in [1.82, 2.24) is 20.2 Å². The number of carbonyl (C=O) groups excluding carboxylic acids is 2. The normalized spacial score (nSPS) is 32.3. The van der Waals surface area contributed by atoms with E-state index in [0.29, 0.717) is 4.57 Å². The minimum absolute atomic E-state index is 0.701. The lowest BCUT2D eigenvalue weighted by molar-refractivity contribution is -0.261. The third-order valence-electron chi connectivity index (χ3n) is 6.99. The number of aliphatic hydroxyl groups excluding tert-OH is 4. The fraction of sp³-hybridized carbons (Fsp3) is 0.696. The number of H-pyrrole nitrogens is 1. The van der Waals surface area contributed by atoms with Gasteiger partial charge in [-0.05, 0) is 13.8 Å². The number of phosphoric acid groups is 2. The molecule has 49 heavy (non-hydrogen) atoms. The van der Waals surface area contributed by atoms with Gasteiger partial charge in [-0.15, -0.1) is 0 Å². The van der Waals surface area contributed by atoms with Crippen molar-refractivity contribution >= 4 is 33.4 Å². The summed E-state index contributed by atoms with van der Waals surface area (Å²) in [6.45, 7) is 1.15. The van der Waals surface area contributed by atoms with Crippen LogP contribution in [0.3, 0.4) is 0 Å². The Labute approximate surface area is 274 Å². The van der Waals surface area contributed by atoms with Crippen molar-refractivity contribution in [1.29, 1.82) is 0 Å². The number of ether oxygens (including phenoxy) is 3. The second-order valence-electron chi connectivity index (χ2n) is 10.7. The van der Waals surface area contributed by atoms with Gasteiger partial charge in [0.05, 0.1) is 13.2 Å². The van der Waals surface area contributed by atoms with E-state index < -0.39 is 125 Å². The predicted molar refractivity (Wildman–Crippen MR) is 154 cm³/mol. The zero-order chi connectivity index (χ0) is 37.0. The predicted octanol–water partition coefficient (Wildman–Crippen LogP) is -4.65. The van der Waals surface area contributed by atoms with Crippen LogP contribution in [0.25, 0.3) is 0 Å². The van der Waals surface area contributed by atoms with Crippen molar-refractivity contribution in [2.24, 2.45) is 0 Å². The Bertz CT molecular complexity index is 1570. The van der Waals surface area contributed by atoms with Gasteiger partial charge in [0.2, 0.25) is 11.8 Å². The van der Waals surface area contributed by atoms with Crippen LogP contribution in [-0.2, 0) is 51.1 Å². The Morgan fingerprint density at radius 1 is 1.04 bits per heavy atom. The Morgan fingerprint density at radius 3 is 2.27 bits per heavy atom. The number of aromatic nitrogens is 2. The van der Waals surface area contributed by atoms with Crippen molar-refractivity contribution in [3.05, 3.63) is 33.1 Å². The summed E-state index contributed by atoms with van der Waals surface area (Å²) in [6.07, 6.45) is -15.0. The van der Waals surface area contributed by atoms with Crippen molar-refractivity contribution in [2.75, 3.05) is 13.2 Å². The second kappa shape index (κ2) is 16.4. The van der Waals surface area contributed by atoms with Crippen molar-refractivity contribution in [3.63, 3.8) is 0 Å². The highest BCUT2D eigenvalue weighted by molar-refractivity contribution is 7.61. The number of hydrogen-bond donors (Lipinski definition) is 10. The highest BCUT2D eigenvalue weighted by atomic mass is 31.3. The zero-order valence-electron chi connectivity index (χ0n) is 25.7. The number of carbonyl (C=O) groups is 3. The van der Waals surface area contributed by atoms with Gasteiger partial charge in [0.15, 0.2) is 12.5 Å². The fourth-order valence-electron chi connectivity index (χ4n) is 4.59. The molecular formula is C23H36N4O20P2. The maximum absolute atomic E-state index is 12.9. The van der Waals surface area contributed by atoms with Crippen LogP contribution in [0, 0.1) is 0 Å². The van der Waals surface area contributed by atoms with E-state index in [1.165, 1.54) is 0 Å². The van der Waals surface area contributed by atoms with Crippen LogP contribution < -0.4 is 21.9 Å². The lowest BCUT2D eigenvalue weighted by atomic mass is 9.96. The van der Waals surface area contributed by atoms with Gasteiger partial charge in [-0.1, -0.05) is 0 Å². The molecule has 24 nitrogen and oxygen atoms in total. The molecule has 2 aliphatic rings. The van der Waals surface area contributed by atoms with Crippen LogP contribution in [0.1, 0.15) is 27.0 Å². The summed E-state index contributed by atoms with van der Waals surface area (Å²) in [5, 5.41) is 54.4. The van der Waals surface area contributed by atoms with Crippen LogP contribution in [-0.4, -0.2) is 137 Å². The van der Waals surface area contributed by atoms with E-state index in [2.05, 4.69) is 19.5 Å². The first kappa shape index (κ1) is 40.5. The molecule has 0 bridgehead atoms. The molecule has 26 heteroatoms. The summed E-state index contributed by atoms with van der Waals surface area (Å²) in [5.41, 5.74) is -1.81. The Balaban J connectivity index is 1.73. The van der Waals surface area contributed by atoms with E-state index in [1.54, 1.807) is 0 Å². The van der Waals surface area contributed by atoms with Crippen molar-refractivity contribution in [2.45, 2.75) is 88.1 Å². The number of aliphatic carboxylic acids is 1. The number of aliphatic hydroxyl groups is 4. The molecule has 278 valence electrons. The summed E-state index contributed by atoms with van der Waals surface area (Å²) in [6, 6.07) is -2.25. The molecule has 0 aliphatic carbocycles. The van der Waals surface area contributed by atoms with Crippen molar-refractivity contribution in [3.8, 4) is 0 Å². The Morgan fingerprint density at radius 2 is 1.69 bits per heavy atom. The smallest absolute Gasteiger partial charge is 0.480 e. The first-order valence-corrected chi connectivity index (χ1v) is 17.1. The molecule has 13 atom stereocenters. The third kappa shape index (κ3) is 10.5. The number of hydrogen-bond acceptors (Lipinski definition) is 17. The standard InChI is InChI=1S/C23H36N4O20P2/c1-8(21(35)36)24-19(34)9(2)43-18-14(25-10(3)29)22(45-11(6-28)16(18)32)46-49(40,41)47-48(38,39)42-7-12-15(31)17(33)20(44-12)27-5-4-13(30)26-23(27)37/h4-5,8-9,11-12,14-18,20,22,28,31-33H,6-7H2,1-3H3,(H,24,34)(H,25,29)(H,35,36)(H,38,39)(H,40,41)(H,26,30,37)/t8-,9-,11-,12-,14-,15-,16-,17-,18-,20-,22+/m1/s1. The molecule has 2 amide bonds. The molecule has 0 saturated carbocycles. The molecule has 3 heterocycles. The maximum atomic E-state index is 12.9. The molecule has 2 fully saturated rings. The summed E-state index contributed by atoms with van der Waals surface area (Å²) in [5.74, 6) is -3.26. The number of rotatable bonds is 15. The lowest BCUT2D eigenvalue weighted by Gasteiger charge is -2.44. The van der Waals surface area contributed by atoms with E-state index in [0.717, 1.165) is 33.0 Å². The molecule has 1 aromatic rings.